The van der Waals surface area contributed by atoms with Crippen molar-refractivity contribution >= 4 is 16.6 Å². The topological polar surface area (TPSA) is 20.2 Å². The molecule has 0 unspecified atom stereocenters. The molecule has 0 amide bonds. The smallest absolute Gasteiger partial charge is 0.0484 e. The third kappa shape index (κ3) is 3.24. The molecule has 3 nitrogen and oxygen atoms in total. The van der Waals surface area contributed by atoms with Gasteiger partial charge in [0.15, 0.2) is 0 Å². The molecular weight excluding hydrogens is 258 g/mol. The summed E-state index contributed by atoms with van der Waals surface area (Å²) >= 11 is 0. The molecule has 0 radical (unpaired) electrons. The van der Waals surface area contributed by atoms with Crippen LogP contribution in [0.2, 0.25) is 0 Å². The fourth-order valence-electron chi connectivity index (χ4n) is 3.27. The minimum absolute atomic E-state index is 0.101. The Bertz CT molecular complexity index is 613. The van der Waals surface area contributed by atoms with E-state index in [2.05, 4.69) is 73.1 Å². The highest BCUT2D eigenvalue weighted by Gasteiger charge is 2.19. The van der Waals surface area contributed by atoms with Crippen molar-refractivity contribution in [2.24, 2.45) is 0 Å². The number of nitrogens with one attached hydrogen (secondary N) is 1. The molecule has 1 fully saturated rings. The highest BCUT2D eigenvalue weighted by Crippen LogP contribution is 2.29. The zero-order valence-electron chi connectivity index (χ0n) is 13.7. The molecule has 1 N–H and O–H groups in total. The maximum absolute atomic E-state index is 3.55. The predicted molar refractivity (Wildman–Crippen MR) is 91.1 cm³/mol. The second kappa shape index (κ2) is 5.38. The number of benzene rings is 1. The molecule has 21 heavy (non-hydrogen) atoms. The number of nitrogens with zero attached hydrogens (tertiary/aromatic N) is 2. The van der Waals surface area contributed by atoms with Gasteiger partial charge in [0.1, 0.15) is 0 Å². The number of hydrogen-bond acceptors (Lipinski definition) is 2. The summed E-state index contributed by atoms with van der Waals surface area (Å²) in [6.45, 7) is 8.99. The summed E-state index contributed by atoms with van der Waals surface area (Å²) in [7, 11) is 2.22. The maximum atomic E-state index is 3.55. The minimum Gasteiger partial charge on any atom is -0.380 e. The summed E-state index contributed by atoms with van der Waals surface area (Å²) in [5.74, 6) is 0. The first-order chi connectivity index (χ1) is 9.92. The average molecular weight is 285 g/mol. The molecule has 0 saturated carbocycles. The summed E-state index contributed by atoms with van der Waals surface area (Å²) in [6.07, 6.45) is 4.77. The number of aromatic nitrogens is 1. The van der Waals surface area contributed by atoms with Crippen LogP contribution in [0.25, 0.3) is 10.9 Å². The van der Waals surface area contributed by atoms with Crippen molar-refractivity contribution < 1.29 is 0 Å². The van der Waals surface area contributed by atoms with Gasteiger partial charge in [0.05, 0.1) is 0 Å². The van der Waals surface area contributed by atoms with Gasteiger partial charge in [-0.2, -0.15) is 0 Å². The van der Waals surface area contributed by atoms with Gasteiger partial charge in [-0.05, 0) is 78.0 Å². The fourth-order valence-corrected chi connectivity index (χ4v) is 3.27. The quantitative estimate of drug-likeness (QED) is 0.895. The van der Waals surface area contributed by atoms with E-state index in [0.717, 1.165) is 0 Å². The molecule has 1 aliphatic heterocycles. The van der Waals surface area contributed by atoms with E-state index in [4.69, 9.17) is 0 Å². The van der Waals surface area contributed by atoms with Crippen molar-refractivity contribution in [3.8, 4) is 0 Å². The van der Waals surface area contributed by atoms with Crippen molar-refractivity contribution in [3.05, 3.63) is 30.5 Å². The second-order valence-corrected chi connectivity index (χ2v) is 7.41. The van der Waals surface area contributed by atoms with Gasteiger partial charge in [0.25, 0.3) is 0 Å². The number of fused-ring (bicyclic) bond motifs is 1. The van der Waals surface area contributed by atoms with E-state index in [1.54, 1.807) is 0 Å². The fraction of sp³-hybridized carbons (Fsp3) is 0.556. The van der Waals surface area contributed by atoms with Crippen LogP contribution in [0, 0.1) is 0 Å². The van der Waals surface area contributed by atoms with Gasteiger partial charge in [-0.1, -0.05) is 0 Å². The Morgan fingerprint density at radius 1 is 1.10 bits per heavy atom. The Balaban J connectivity index is 1.86. The molecule has 0 bridgehead atoms. The van der Waals surface area contributed by atoms with Gasteiger partial charge in [-0.3, -0.25) is 0 Å². The molecule has 114 valence electrons. The second-order valence-electron chi connectivity index (χ2n) is 7.41. The van der Waals surface area contributed by atoms with Crippen molar-refractivity contribution in [2.45, 2.75) is 45.2 Å². The zero-order valence-corrected chi connectivity index (χ0v) is 13.7. The lowest BCUT2D eigenvalue weighted by Gasteiger charge is -2.30. The first-order valence-electron chi connectivity index (χ1n) is 8.00. The SMILES string of the molecule is CN1CCC(n2ccc3cc(NC(C)(C)C)ccc32)CC1. The summed E-state index contributed by atoms with van der Waals surface area (Å²) < 4.78 is 2.48. The average Bonchev–Trinajstić information content (AvgIpc) is 2.81. The summed E-state index contributed by atoms with van der Waals surface area (Å²) in [5.41, 5.74) is 2.67. The molecule has 0 atom stereocenters. The Labute approximate surface area is 127 Å². The third-order valence-electron chi connectivity index (χ3n) is 4.32. The molecule has 3 heteroatoms. The maximum Gasteiger partial charge on any atom is 0.0484 e. The number of piperidine rings is 1. The van der Waals surface area contributed by atoms with Crippen molar-refractivity contribution in [1.82, 2.24) is 9.47 Å². The molecular formula is C18H27N3. The van der Waals surface area contributed by atoms with Crippen LogP contribution in [0.3, 0.4) is 0 Å². The van der Waals surface area contributed by atoms with Crippen LogP contribution >= 0.6 is 0 Å². The summed E-state index contributed by atoms with van der Waals surface area (Å²) in [5, 5.41) is 4.89. The monoisotopic (exact) mass is 285 g/mol. The Morgan fingerprint density at radius 3 is 2.48 bits per heavy atom. The molecule has 2 heterocycles. The van der Waals surface area contributed by atoms with E-state index in [1.807, 2.05) is 0 Å². The number of likely N-dealkylation sites (tertiary alicyclic amines) is 1. The first kappa shape index (κ1) is 14.5. The van der Waals surface area contributed by atoms with Crippen molar-refractivity contribution in [2.75, 3.05) is 25.5 Å². The largest absolute Gasteiger partial charge is 0.380 e. The van der Waals surface area contributed by atoms with E-state index >= 15 is 0 Å². The van der Waals surface area contributed by atoms with Gasteiger partial charge in [-0.15, -0.1) is 0 Å². The van der Waals surface area contributed by atoms with E-state index < -0.39 is 0 Å². The number of hydrogen-bond donors (Lipinski definition) is 1. The Kier molecular flexibility index (Phi) is 3.70. The molecule has 1 aliphatic rings. The highest BCUT2D eigenvalue weighted by atomic mass is 15.1. The highest BCUT2D eigenvalue weighted by molar-refractivity contribution is 5.84. The molecule has 0 spiro atoms. The molecule has 2 aromatic rings. The molecule has 3 rings (SSSR count). The molecule has 1 saturated heterocycles. The first-order valence-corrected chi connectivity index (χ1v) is 8.00. The van der Waals surface area contributed by atoms with Crippen molar-refractivity contribution in [1.29, 1.82) is 0 Å². The van der Waals surface area contributed by atoms with E-state index in [0.29, 0.717) is 6.04 Å². The molecule has 0 aliphatic carbocycles. The van der Waals surface area contributed by atoms with Crippen molar-refractivity contribution in [3.63, 3.8) is 0 Å². The van der Waals surface area contributed by atoms with Gasteiger partial charge in [0, 0.05) is 34.4 Å². The molecule has 1 aromatic carbocycles. The minimum atomic E-state index is 0.101. The summed E-state index contributed by atoms with van der Waals surface area (Å²) in [4.78, 5) is 2.42. The van der Waals surface area contributed by atoms with Crippen LogP contribution < -0.4 is 5.32 Å². The standard InChI is InChI=1S/C18H27N3/c1-18(2,3)19-15-5-6-17-14(13-15)7-12-21(17)16-8-10-20(4)11-9-16/h5-7,12-13,16,19H,8-11H2,1-4H3. The van der Waals surface area contributed by atoms with Crippen LogP contribution in [-0.4, -0.2) is 35.1 Å². The van der Waals surface area contributed by atoms with Crippen LogP contribution in [0.4, 0.5) is 5.69 Å². The molecule has 1 aromatic heterocycles. The van der Waals surface area contributed by atoms with Gasteiger partial charge in [-0.25, -0.2) is 0 Å². The van der Waals surface area contributed by atoms with E-state index in [1.165, 1.54) is 42.5 Å². The van der Waals surface area contributed by atoms with Gasteiger partial charge < -0.3 is 14.8 Å². The van der Waals surface area contributed by atoms with Crippen LogP contribution in [0.1, 0.15) is 39.7 Å². The lowest BCUT2D eigenvalue weighted by molar-refractivity contribution is 0.224. The van der Waals surface area contributed by atoms with Gasteiger partial charge in [0.2, 0.25) is 0 Å². The van der Waals surface area contributed by atoms with Gasteiger partial charge >= 0.3 is 0 Å². The van der Waals surface area contributed by atoms with E-state index in [-0.39, 0.29) is 5.54 Å². The summed E-state index contributed by atoms with van der Waals surface area (Å²) in [6, 6.07) is 9.65. The number of rotatable bonds is 2. The number of anilines is 1. The Morgan fingerprint density at radius 2 is 1.81 bits per heavy atom. The van der Waals surface area contributed by atoms with Crippen LogP contribution in [0.15, 0.2) is 30.5 Å². The lowest BCUT2D eigenvalue weighted by Crippen LogP contribution is -2.31. The zero-order chi connectivity index (χ0) is 15.0. The Hall–Kier alpha value is -1.48. The lowest BCUT2D eigenvalue weighted by atomic mass is 10.1. The van der Waals surface area contributed by atoms with Crippen LogP contribution in [0.5, 0.6) is 0 Å². The third-order valence-corrected chi connectivity index (χ3v) is 4.32. The van der Waals surface area contributed by atoms with Crippen LogP contribution in [-0.2, 0) is 0 Å². The normalized spacial score (nSPS) is 18.3. The predicted octanol–water partition coefficient (Wildman–Crippen LogP) is 4.12. The van der Waals surface area contributed by atoms with E-state index in [9.17, 15) is 0 Å².